The van der Waals surface area contributed by atoms with Gasteiger partial charge in [0.25, 0.3) is 0 Å². The number of nitrogens with two attached hydrogens (primary N) is 4. The van der Waals surface area contributed by atoms with Gasteiger partial charge in [0, 0.05) is 0 Å². The van der Waals surface area contributed by atoms with Gasteiger partial charge in [-0.05, 0) is 58.7 Å². The van der Waals surface area contributed by atoms with Crippen LogP contribution in [0.1, 0.15) is 22.3 Å². The zero-order valence-electron chi connectivity index (χ0n) is 16.8. The van der Waals surface area contributed by atoms with Gasteiger partial charge in [-0.25, -0.2) is 8.42 Å². The minimum Gasteiger partial charge on any atom is -0.397 e. The molecule has 0 saturated heterocycles. The molecule has 32 heavy (non-hydrogen) atoms. The molecule has 0 aliphatic carbocycles. The topological polar surface area (TPSA) is 179 Å². The van der Waals surface area contributed by atoms with Crippen LogP contribution in [0.4, 0.5) is 22.7 Å². The predicted molar refractivity (Wildman–Crippen MR) is 133 cm³/mol. The molecule has 10 N–H and O–H groups in total. The molecule has 166 valence electrons. The van der Waals surface area contributed by atoms with Gasteiger partial charge in [-0.15, -0.1) is 0 Å². The number of rotatable bonds is 6. The van der Waals surface area contributed by atoms with E-state index in [-0.39, 0.29) is 9.79 Å². The van der Waals surface area contributed by atoms with Crippen molar-refractivity contribution in [3.8, 4) is 0 Å². The lowest BCUT2D eigenvalue weighted by Crippen LogP contribution is -2.00. The van der Waals surface area contributed by atoms with Gasteiger partial charge in [-0.1, -0.05) is 36.4 Å². The maximum atomic E-state index is 11.9. The summed E-state index contributed by atoms with van der Waals surface area (Å²) in [5, 5.41) is 0. The van der Waals surface area contributed by atoms with Crippen LogP contribution in [0.5, 0.6) is 0 Å². The van der Waals surface area contributed by atoms with E-state index in [0.717, 1.165) is 11.1 Å². The molecule has 0 aromatic heterocycles. The summed E-state index contributed by atoms with van der Waals surface area (Å²) in [6.45, 7) is 0. The maximum absolute atomic E-state index is 11.9. The van der Waals surface area contributed by atoms with Gasteiger partial charge in [0.2, 0.25) is 0 Å². The van der Waals surface area contributed by atoms with Gasteiger partial charge in [0.15, 0.2) is 22.2 Å². The number of anilines is 4. The lowest BCUT2D eigenvalue weighted by molar-refractivity contribution is 0.561. The van der Waals surface area contributed by atoms with E-state index in [1.165, 1.54) is 6.07 Å². The second-order valence-corrected chi connectivity index (χ2v) is 8.75. The van der Waals surface area contributed by atoms with Crippen LogP contribution in [-0.4, -0.2) is 17.5 Å². The monoisotopic (exact) mass is 470 g/mol. The average molecular weight is 471 g/mol. The standard InChI is InChI=1S/C22H22N4O4S2/c23-17-7-3-13(9-19(17)25)1-5-15-11-16(22(32(29)30)12-21(15)31(27)28)6-2-14-4-8-18(24)20(26)10-14/h1-12H,23-26H2,(H,27,28)(H,29,30)/b5-1+,6-2+. The zero-order valence-corrected chi connectivity index (χ0v) is 18.4. The number of hydrogen-bond donors (Lipinski definition) is 6. The van der Waals surface area contributed by atoms with Crippen molar-refractivity contribution in [2.45, 2.75) is 9.79 Å². The van der Waals surface area contributed by atoms with Gasteiger partial charge in [0.1, 0.15) is 0 Å². The van der Waals surface area contributed by atoms with E-state index in [1.807, 2.05) is 0 Å². The van der Waals surface area contributed by atoms with E-state index in [1.54, 1.807) is 66.8 Å². The van der Waals surface area contributed by atoms with E-state index in [0.29, 0.717) is 33.9 Å². The molecule has 0 bridgehead atoms. The van der Waals surface area contributed by atoms with Crippen molar-refractivity contribution in [3.05, 3.63) is 70.8 Å². The first-order valence-electron chi connectivity index (χ1n) is 9.21. The van der Waals surface area contributed by atoms with Crippen LogP contribution in [0.2, 0.25) is 0 Å². The van der Waals surface area contributed by atoms with E-state index in [2.05, 4.69) is 0 Å². The summed E-state index contributed by atoms with van der Waals surface area (Å²) in [6.07, 6.45) is 6.64. The Hall–Kier alpha value is -3.44. The third-order valence-electron chi connectivity index (χ3n) is 4.65. The maximum Gasteiger partial charge on any atom is 0.187 e. The second kappa shape index (κ2) is 9.79. The zero-order chi connectivity index (χ0) is 23.4. The third kappa shape index (κ3) is 5.42. The molecule has 0 heterocycles. The summed E-state index contributed by atoms with van der Waals surface area (Å²) in [5.74, 6) is 0. The van der Waals surface area contributed by atoms with Crippen LogP contribution in [0.15, 0.2) is 58.3 Å². The fraction of sp³-hybridized carbons (Fsp3) is 0. The first-order chi connectivity index (χ1) is 15.2. The molecule has 0 saturated carbocycles. The molecule has 3 aromatic carbocycles. The minimum atomic E-state index is -2.38. The van der Waals surface area contributed by atoms with Crippen LogP contribution in [-0.2, 0) is 22.2 Å². The van der Waals surface area contributed by atoms with Gasteiger partial charge in [0.05, 0.1) is 32.5 Å². The first-order valence-corrected chi connectivity index (χ1v) is 11.4. The fourth-order valence-corrected chi connectivity index (χ4v) is 4.09. The summed E-state index contributed by atoms with van der Waals surface area (Å²) >= 11 is -4.77. The summed E-state index contributed by atoms with van der Waals surface area (Å²) in [6, 6.07) is 13.0. The van der Waals surface area contributed by atoms with Crippen molar-refractivity contribution in [2.24, 2.45) is 0 Å². The van der Waals surface area contributed by atoms with Crippen molar-refractivity contribution in [3.63, 3.8) is 0 Å². The molecular formula is C22H22N4O4S2. The SMILES string of the molecule is Nc1ccc(/C=C/c2cc(/C=C/c3ccc(N)c(N)c3)c(S(=O)O)cc2S(=O)O)cc1N. The highest BCUT2D eigenvalue weighted by atomic mass is 32.2. The lowest BCUT2D eigenvalue weighted by Gasteiger charge is -2.09. The highest BCUT2D eigenvalue weighted by molar-refractivity contribution is 7.80. The van der Waals surface area contributed by atoms with E-state index < -0.39 is 22.2 Å². The van der Waals surface area contributed by atoms with Crippen LogP contribution in [0.3, 0.4) is 0 Å². The highest BCUT2D eigenvalue weighted by Crippen LogP contribution is 2.27. The van der Waals surface area contributed by atoms with Crippen LogP contribution >= 0.6 is 0 Å². The average Bonchev–Trinajstić information content (AvgIpc) is 2.74. The summed E-state index contributed by atoms with van der Waals surface area (Å²) in [5.41, 5.74) is 27.1. The van der Waals surface area contributed by atoms with Crippen molar-refractivity contribution in [1.29, 1.82) is 0 Å². The molecule has 2 unspecified atom stereocenters. The Labute approximate surface area is 190 Å². The molecule has 0 aliphatic heterocycles. The van der Waals surface area contributed by atoms with Crippen molar-refractivity contribution >= 4 is 69.2 Å². The molecule has 3 rings (SSSR count). The van der Waals surface area contributed by atoms with Crippen LogP contribution < -0.4 is 22.9 Å². The molecule has 0 amide bonds. The van der Waals surface area contributed by atoms with Crippen molar-refractivity contribution in [2.75, 3.05) is 22.9 Å². The first kappa shape index (κ1) is 23.2. The second-order valence-electron chi connectivity index (χ2n) is 6.87. The molecule has 0 aliphatic rings. The molecule has 8 nitrogen and oxygen atoms in total. The molecule has 0 radical (unpaired) electrons. The lowest BCUT2D eigenvalue weighted by atomic mass is 10.1. The van der Waals surface area contributed by atoms with Crippen molar-refractivity contribution in [1.82, 2.24) is 0 Å². The fourth-order valence-electron chi connectivity index (χ4n) is 2.92. The molecule has 10 heteroatoms. The summed E-state index contributed by atoms with van der Waals surface area (Å²) in [7, 11) is 0. The Morgan fingerprint density at radius 3 is 1.31 bits per heavy atom. The van der Waals surface area contributed by atoms with E-state index >= 15 is 0 Å². The minimum absolute atomic E-state index is 0.00375. The molecule has 2 atom stereocenters. The van der Waals surface area contributed by atoms with E-state index in [9.17, 15) is 17.5 Å². The predicted octanol–water partition coefficient (Wildman–Crippen LogP) is 3.52. The Kier molecular flexibility index (Phi) is 7.11. The summed E-state index contributed by atoms with van der Waals surface area (Å²) < 4.78 is 43.2. The smallest absolute Gasteiger partial charge is 0.187 e. The van der Waals surface area contributed by atoms with Crippen LogP contribution in [0, 0.1) is 0 Å². The number of benzene rings is 3. The quantitative estimate of drug-likeness (QED) is 0.180. The molecular weight excluding hydrogens is 448 g/mol. The molecule has 3 aromatic rings. The molecule has 0 fully saturated rings. The Bertz CT molecular complexity index is 1190. The number of hydrogen-bond acceptors (Lipinski definition) is 6. The molecule has 0 spiro atoms. The number of nitrogen functional groups attached to an aromatic ring is 4. The Morgan fingerprint density at radius 1 is 0.562 bits per heavy atom. The van der Waals surface area contributed by atoms with E-state index in [4.69, 9.17) is 22.9 Å². The highest BCUT2D eigenvalue weighted by Gasteiger charge is 2.15. The third-order valence-corrected chi connectivity index (χ3v) is 6.11. The van der Waals surface area contributed by atoms with Gasteiger partial charge < -0.3 is 32.0 Å². The Balaban J connectivity index is 2.07. The van der Waals surface area contributed by atoms with Gasteiger partial charge in [-0.3, -0.25) is 0 Å². The van der Waals surface area contributed by atoms with Crippen LogP contribution in [0.25, 0.3) is 24.3 Å². The van der Waals surface area contributed by atoms with Gasteiger partial charge in [-0.2, -0.15) is 0 Å². The van der Waals surface area contributed by atoms with Gasteiger partial charge >= 0.3 is 0 Å². The Morgan fingerprint density at radius 2 is 0.969 bits per heavy atom. The normalized spacial score (nSPS) is 13.6. The van der Waals surface area contributed by atoms with Crippen molar-refractivity contribution < 1.29 is 17.5 Å². The summed E-state index contributed by atoms with van der Waals surface area (Å²) in [4.78, 5) is -0.00751. The largest absolute Gasteiger partial charge is 0.397 e.